The first kappa shape index (κ1) is 80.8. The van der Waals surface area contributed by atoms with Crippen LogP contribution in [0, 0.1) is 0 Å². The Labute approximate surface area is 326 Å². The maximum absolute atomic E-state index is 11.8. The quantitative estimate of drug-likeness (QED) is 0.174. The summed E-state index contributed by atoms with van der Waals surface area (Å²) >= 11 is 0. The van der Waals surface area contributed by atoms with E-state index in [1.54, 1.807) is 48.5 Å². The van der Waals surface area contributed by atoms with Crippen molar-refractivity contribution in [2.75, 3.05) is 28.4 Å². The van der Waals surface area contributed by atoms with Crippen LogP contribution in [-0.2, 0) is 119 Å². The molecule has 0 aliphatic heterocycles. The average molecular weight is 824 g/mol. The van der Waals surface area contributed by atoms with Crippen LogP contribution in [0.1, 0.15) is 22.8 Å². The largest absolute Gasteiger partial charge is 2.00 e. The van der Waals surface area contributed by atoms with Crippen LogP contribution in [-0.4, -0.2) is 48.4 Å². The van der Waals surface area contributed by atoms with Gasteiger partial charge in [-0.2, -0.15) is 28.4 Å². The predicted octanol–water partition coefficient (Wildman–Crippen LogP) is -6.02. The molecule has 0 aliphatic carbocycles. The van der Waals surface area contributed by atoms with Gasteiger partial charge >= 0.3 is 0 Å². The van der Waals surface area contributed by atoms with E-state index in [1.165, 1.54) is 49.1 Å². The molecular formula is C26H28N4O14V4-20. The van der Waals surface area contributed by atoms with E-state index in [-0.39, 0.29) is 130 Å². The van der Waals surface area contributed by atoms with Gasteiger partial charge in [0.25, 0.3) is 0 Å². The molecule has 0 atom stereocenters. The summed E-state index contributed by atoms with van der Waals surface area (Å²) in [4.78, 5) is 15.0. The van der Waals surface area contributed by atoms with Crippen molar-refractivity contribution in [2.45, 2.75) is 11.6 Å². The van der Waals surface area contributed by atoms with E-state index in [2.05, 4.69) is 19.9 Å². The molecule has 22 heteroatoms. The van der Waals surface area contributed by atoms with Gasteiger partial charge in [-0.05, 0) is 48.5 Å². The van der Waals surface area contributed by atoms with Crippen LogP contribution < -0.4 is 40.9 Å². The van der Waals surface area contributed by atoms with E-state index >= 15 is 0 Å². The second kappa shape index (κ2) is 49.8. The average Bonchev–Trinajstić information content (AvgIpc) is 3.03. The van der Waals surface area contributed by atoms with Crippen LogP contribution in [0.2, 0.25) is 0 Å². The zero-order valence-electron chi connectivity index (χ0n) is 25.5. The smallest absolute Gasteiger partial charge is 0.0270 e. The minimum atomic E-state index is -2.64. The fourth-order valence-corrected chi connectivity index (χ4v) is 2.49. The first-order valence-electron chi connectivity index (χ1n) is 10.5. The molecule has 0 saturated heterocycles. The van der Waals surface area contributed by atoms with Crippen LogP contribution in [0.5, 0.6) is 0 Å². The van der Waals surface area contributed by atoms with E-state index < -0.39 is 11.6 Å². The van der Waals surface area contributed by atoms with Crippen molar-refractivity contribution >= 4 is 0 Å². The number of hydrogen-bond donors (Lipinski definition) is 0. The number of nitrogens with zero attached hydrogens (tertiary/aromatic N) is 4. The first-order chi connectivity index (χ1) is 18.4. The monoisotopic (exact) mass is 824 g/mol. The fourth-order valence-electron chi connectivity index (χ4n) is 2.49. The molecule has 0 unspecified atom stereocenters. The van der Waals surface area contributed by atoms with Gasteiger partial charge < -0.3 is 73.7 Å². The van der Waals surface area contributed by atoms with Gasteiger partial charge in [0.05, 0.1) is 0 Å². The summed E-state index contributed by atoms with van der Waals surface area (Å²) in [6, 6.07) is 18.7. The molecule has 276 valence electrons. The molecule has 48 heavy (non-hydrogen) atoms. The summed E-state index contributed by atoms with van der Waals surface area (Å²) in [6.07, 6.45) is 5.68. The maximum atomic E-state index is 11.8. The maximum Gasteiger partial charge on any atom is 0.0270 e. The fraction of sp³-hybridized carbons (Fsp3) is 0.231. The summed E-state index contributed by atoms with van der Waals surface area (Å²) in [7, 11) is 3.00. The molecule has 0 saturated carbocycles. The molecule has 0 aliphatic rings. The van der Waals surface area contributed by atoms with Gasteiger partial charge in [0.2, 0.25) is 0 Å². The van der Waals surface area contributed by atoms with Crippen molar-refractivity contribution in [1.29, 1.82) is 0 Å². The normalized spacial score (nSPS) is 7.58. The SMILES string of the molecule is C[O-].C[O-].C[O-].C[O-].[O-2].[O-2].[O-2].[O-2].[O-2].[O-2].[O-]C([O-])(c1ccccn1)c1ccccn1.[O-]C([O-])(c1ccccn1)c1ccccn1.[V].[V].[V].[V]. The first-order valence-corrected chi connectivity index (χ1v) is 10.5. The Morgan fingerprint density at radius 1 is 0.333 bits per heavy atom. The second-order valence-corrected chi connectivity index (χ2v) is 6.09. The van der Waals surface area contributed by atoms with Crippen LogP contribution in [0.3, 0.4) is 0 Å². The van der Waals surface area contributed by atoms with Gasteiger partial charge in [0, 0.05) is 122 Å². The van der Waals surface area contributed by atoms with Gasteiger partial charge in [-0.1, -0.05) is 24.3 Å². The molecule has 18 nitrogen and oxygen atoms in total. The van der Waals surface area contributed by atoms with Gasteiger partial charge in [-0.3, -0.25) is 19.9 Å². The summed E-state index contributed by atoms with van der Waals surface area (Å²) in [5.74, 6) is -5.27. The van der Waals surface area contributed by atoms with Crippen LogP contribution in [0.25, 0.3) is 0 Å². The van der Waals surface area contributed by atoms with Crippen molar-refractivity contribution in [3.63, 3.8) is 0 Å². The van der Waals surface area contributed by atoms with Gasteiger partial charge in [-0.15, -0.1) is 11.6 Å². The molecular weight excluding hydrogens is 796 g/mol. The Morgan fingerprint density at radius 3 is 0.583 bits per heavy atom. The molecule has 4 rings (SSSR count). The Bertz CT molecular complexity index is 905. The van der Waals surface area contributed by atoms with E-state index in [4.69, 9.17) is 20.4 Å². The molecule has 0 amide bonds. The molecule has 0 fully saturated rings. The third kappa shape index (κ3) is 28.2. The third-order valence-electron chi connectivity index (χ3n) is 4.01. The number of aromatic nitrogens is 4. The van der Waals surface area contributed by atoms with Crippen LogP contribution >= 0.6 is 0 Å². The standard InChI is InChI=1S/2C11H8N2O2.4CH3O.6O.4V/c2*14-11(15,9-5-1-3-7-12-9)10-6-2-4-8-13-10;4*1-2;;;;;;;;;;/h2*1-8H;4*1H3;;;;;;;;;;/q2*-2;4*-1;6*-2;;;;. The van der Waals surface area contributed by atoms with Crippen molar-refractivity contribution < 1.29 is 148 Å². The van der Waals surface area contributed by atoms with Crippen molar-refractivity contribution in [3.8, 4) is 0 Å². The molecule has 4 aromatic rings. The number of pyridine rings is 4. The van der Waals surface area contributed by atoms with E-state index in [1.807, 2.05) is 0 Å². The van der Waals surface area contributed by atoms with Gasteiger partial charge in [-0.25, -0.2) is 0 Å². The van der Waals surface area contributed by atoms with Gasteiger partial charge in [0.1, 0.15) is 0 Å². The number of rotatable bonds is 4. The summed E-state index contributed by atoms with van der Waals surface area (Å²) < 4.78 is 0. The van der Waals surface area contributed by atoms with Crippen LogP contribution in [0.15, 0.2) is 97.6 Å². The van der Waals surface area contributed by atoms with E-state index in [0.717, 1.165) is 28.4 Å². The Kier molecular flexibility index (Phi) is 83.8. The van der Waals surface area contributed by atoms with Crippen molar-refractivity contribution in [1.82, 2.24) is 19.9 Å². The molecule has 0 aromatic carbocycles. The van der Waals surface area contributed by atoms with Crippen LogP contribution in [0.4, 0.5) is 0 Å². The molecule has 4 heterocycles. The Morgan fingerprint density at radius 2 is 0.479 bits per heavy atom. The second-order valence-electron chi connectivity index (χ2n) is 6.09. The minimum absolute atomic E-state index is 0. The Hall–Kier alpha value is -1.62. The number of hydrogen-bond acceptors (Lipinski definition) is 12. The van der Waals surface area contributed by atoms with E-state index in [9.17, 15) is 20.4 Å². The Balaban J connectivity index is -0.0000000380. The minimum Gasteiger partial charge on any atom is -2.00 e. The predicted molar refractivity (Wildman–Crippen MR) is 126 cm³/mol. The van der Waals surface area contributed by atoms with Crippen molar-refractivity contribution in [3.05, 3.63) is 120 Å². The molecule has 0 spiro atoms. The molecule has 4 aromatic heterocycles. The molecule has 0 N–H and O–H groups in total. The third-order valence-corrected chi connectivity index (χ3v) is 4.01. The molecule has 0 bridgehead atoms. The summed E-state index contributed by atoms with van der Waals surface area (Å²) in [5.41, 5.74) is -0.264. The zero-order valence-corrected chi connectivity index (χ0v) is 31.1. The summed E-state index contributed by atoms with van der Waals surface area (Å²) in [6.45, 7) is 0. The van der Waals surface area contributed by atoms with E-state index in [0.29, 0.717) is 0 Å². The summed E-state index contributed by atoms with van der Waals surface area (Å²) in [5, 5.41) is 80.3. The topological polar surface area (TPSA) is 407 Å². The van der Waals surface area contributed by atoms with Crippen molar-refractivity contribution in [2.24, 2.45) is 0 Å². The molecule has 4 radical (unpaired) electrons. The van der Waals surface area contributed by atoms with Gasteiger partial charge in [0.15, 0.2) is 0 Å². The zero-order chi connectivity index (χ0) is 29.5.